The van der Waals surface area contributed by atoms with E-state index < -0.39 is 125 Å². The zero-order valence-electron chi connectivity index (χ0n) is 61.9. The van der Waals surface area contributed by atoms with E-state index in [0.29, 0.717) is 0 Å². The van der Waals surface area contributed by atoms with E-state index in [1.165, 1.54) is 7.05 Å². The zero-order chi connectivity index (χ0) is 82.8. The van der Waals surface area contributed by atoms with Gasteiger partial charge in [0.05, 0.1) is 17.3 Å². The van der Waals surface area contributed by atoms with Gasteiger partial charge >= 0.3 is 5.97 Å². The van der Waals surface area contributed by atoms with E-state index in [-0.39, 0.29) is 240 Å². The summed E-state index contributed by atoms with van der Waals surface area (Å²) in [4.78, 5) is 196. The van der Waals surface area contributed by atoms with Crippen LogP contribution in [0.3, 0.4) is 0 Å². The van der Waals surface area contributed by atoms with Crippen LogP contribution in [-0.2, 0) is 57.5 Å². The van der Waals surface area contributed by atoms with E-state index in [2.05, 4.69) is 93.3 Å². The van der Waals surface area contributed by atoms with Gasteiger partial charge in [-0.15, -0.1) is 11.8 Å². The van der Waals surface area contributed by atoms with Crippen molar-refractivity contribution in [3.63, 3.8) is 0 Å². The number of likely N-dealkylation sites (tertiary alicyclic amines) is 1. The number of carboxylic acids is 1. The summed E-state index contributed by atoms with van der Waals surface area (Å²) >= 11 is 1.03. The summed E-state index contributed by atoms with van der Waals surface area (Å²) in [6.07, 6.45) is -0.462. The molecule has 0 aromatic heterocycles. The van der Waals surface area contributed by atoms with Crippen LogP contribution in [0.15, 0.2) is 39.9 Å². The fraction of sp³-hybridized carbons (Fsp3) is 0.667. The Labute approximate surface area is 639 Å². The topological polar surface area (TPSA) is 890 Å². The van der Waals surface area contributed by atoms with Crippen LogP contribution in [0, 0.1) is 0 Å². The van der Waals surface area contributed by atoms with Crippen molar-refractivity contribution in [1.29, 1.82) is 0 Å². The molecule has 1 saturated heterocycles. The number of thioether (sulfide) groups is 1. The van der Waals surface area contributed by atoms with Gasteiger partial charge in [-0.3, -0.25) is 108 Å². The van der Waals surface area contributed by atoms with Crippen LogP contribution in [-0.4, -0.2) is 260 Å². The van der Waals surface area contributed by atoms with Crippen molar-refractivity contribution in [1.82, 2.24) is 58.3 Å². The molecule has 1 aliphatic heterocycles. The first-order valence-corrected chi connectivity index (χ1v) is 36.3. The van der Waals surface area contributed by atoms with Crippen LogP contribution < -0.4 is 151 Å². The number of guanidine groups is 8. The molecule has 110 heavy (non-hydrogen) atoms. The molecular formula is C60H116N36O13S. The van der Waals surface area contributed by atoms with Crippen molar-refractivity contribution < 1.29 is 62.6 Å². The second kappa shape index (κ2) is 53.9. The first-order chi connectivity index (χ1) is 51.9. The first kappa shape index (κ1) is 96.3. The fourth-order valence-electron chi connectivity index (χ4n) is 10.0. The smallest absolute Gasteiger partial charge is 0.326 e. The van der Waals surface area contributed by atoms with Crippen molar-refractivity contribution in [2.45, 2.75) is 182 Å². The predicted octanol–water partition coefficient (Wildman–Crippen LogP) is -13.4. The van der Waals surface area contributed by atoms with Gasteiger partial charge in [0.15, 0.2) is 41.7 Å². The number of nitrogens with two attached hydrogens (primary N) is 17. The highest BCUT2D eigenvalue weighted by atomic mass is 32.2. The Hall–Kier alpha value is -11.7. The number of amides is 11. The quantitative estimate of drug-likeness (QED) is 0.00884. The molecule has 620 valence electrons. The summed E-state index contributed by atoms with van der Waals surface area (Å²) in [7, 11) is 1.48. The number of hydrogen-bond donors (Lipinski definition) is 28. The molecule has 0 aromatic rings. The van der Waals surface area contributed by atoms with Crippen LogP contribution in [0.5, 0.6) is 0 Å². The number of nitrogens with one attached hydrogen (secondary N) is 10. The van der Waals surface area contributed by atoms with E-state index in [1.807, 2.05) is 0 Å². The van der Waals surface area contributed by atoms with E-state index in [0.717, 1.165) is 16.7 Å². The maximum atomic E-state index is 14.8. The molecule has 45 N–H and O–H groups in total. The number of rotatable bonds is 55. The summed E-state index contributed by atoms with van der Waals surface area (Å²) < 4.78 is 0. The Balaban J connectivity index is 3.63. The summed E-state index contributed by atoms with van der Waals surface area (Å²) in [6, 6.07) is -13.0. The molecule has 1 aliphatic rings. The lowest BCUT2D eigenvalue weighted by molar-refractivity contribution is -0.142. The minimum absolute atomic E-state index is 0.0119. The third kappa shape index (κ3) is 43.2. The maximum absolute atomic E-state index is 14.8. The Morgan fingerprint density at radius 3 is 0.973 bits per heavy atom. The fourth-order valence-corrected chi connectivity index (χ4v) is 11.2. The molecule has 2 unspecified atom stereocenters. The molecule has 0 saturated carbocycles. The Morgan fingerprint density at radius 1 is 0.391 bits per heavy atom. The van der Waals surface area contributed by atoms with Crippen molar-refractivity contribution in [2.24, 2.45) is 137 Å². The van der Waals surface area contributed by atoms with Crippen LogP contribution in [0.25, 0.3) is 0 Å². The number of aliphatic carboxylic acids is 1. The van der Waals surface area contributed by atoms with E-state index in [1.54, 1.807) is 0 Å². The molecule has 1 fully saturated rings. The monoisotopic (exact) mass is 1580 g/mol. The molecule has 0 aromatic carbocycles. The Kier molecular flexibility index (Phi) is 47.2. The SMILES string of the molecule is CNC(=O)CCCN1C(=O)CC(SCC(N)C(=O)NNC(N)=NCCC[C@H](N)C(=O)N[C@@H](CCCN=C(N)N)C(=O)N[C@@H](CCCN=C(N)N)C(=O)N[C@@H](CCCN=C(N)N)C(=O)N[C@@H](CCCN=C(N)N)C(=O)N[C@@H](CCCN=C(N)N)C(=O)N[C@@H](CCCN=C(N)N)C(=O)N[C@@H](CCCN=C(N)N)C(=O)O)C1=O. The predicted molar refractivity (Wildman–Crippen MR) is 414 cm³/mol. The number of hydrazine groups is 1. The van der Waals surface area contributed by atoms with E-state index in [9.17, 15) is 62.6 Å². The largest absolute Gasteiger partial charge is 0.480 e. The first-order valence-electron chi connectivity index (χ1n) is 35.2. The lowest BCUT2D eigenvalue weighted by atomic mass is 10.0. The number of aliphatic imine (C=N–C) groups is 8. The van der Waals surface area contributed by atoms with Gasteiger partial charge in [0.2, 0.25) is 65.0 Å². The highest BCUT2D eigenvalue weighted by molar-refractivity contribution is 8.00. The lowest BCUT2D eigenvalue weighted by Crippen LogP contribution is -2.60. The van der Waals surface area contributed by atoms with Gasteiger partial charge < -0.3 is 145 Å². The molecule has 49 nitrogen and oxygen atoms in total. The van der Waals surface area contributed by atoms with E-state index in [4.69, 9.17) is 97.5 Å². The summed E-state index contributed by atoms with van der Waals surface area (Å²) in [5.74, 6) is -12.1. The van der Waals surface area contributed by atoms with Gasteiger partial charge in [-0.1, -0.05) is 0 Å². The van der Waals surface area contributed by atoms with Crippen LogP contribution in [0.4, 0.5) is 0 Å². The van der Waals surface area contributed by atoms with Crippen LogP contribution in [0.2, 0.25) is 0 Å². The minimum Gasteiger partial charge on any atom is -0.480 e. The standard InChI is InChI=1S/C60H116N36O13S/c1-78-41(97)19-10-28-96-42(98)29-40(51(96)107)110-30-32(62)44(100)94-95-60(77)86-27-2-11-31(61)43(99)87-33(12-3-20-79-53(63)64)45(101)88-34(13-4-21-80-54(65)66)46(102)89-35(14-5-22-81-55(67)68)47(103)90-36(15-6-23-82-56(69)70)48(104)91-37(16-7-24-83-57(71)72)49(105)92-38(17-8-25-84-58(73)74)50(106)93-39(52(108)109)18-9-26-85-59(75)76/h31-40H,2-30,61-62H2,1H3,(H,78,97)(H,87,99)(H,88,101)(H,89,102)(H,90,103)(H,91,104)(H,92,105)(H,93,106)(H,94,100)(H,108,109)(H4,63,64,79)(H4,65,66,80)(H4,67,68,81)(H4,69,70,82)(H4,71,72,83)(H4,73,74,84)(H4,75,76,85)(H3,77,86,95)/t31-,32?,33-,34-,35-,36-,37-,38-,39-,40?/m0/s1. The molecule has 0 spiro atoms. The molecule has 11 amide bonds. The summed E-state index contributed by atoms with van der Waals surface area (Å²) in [6.45, 7) is -0.240. The third-order valence-electron chi connectivity index (χ3n) is 15.7. The Morgan fingerprint density at radius 2 is 0.673 bits per heavy atom. The molecule has 50 heteroatoms. The molecular weight excluding hydrogens is 1460 g/mol. The molecule has 1 rings (SSSR count). The minimum atomic E-state index is -1.56. The number of hydrogen-bond acceptors (Lipinski definition) is 23. The Bertz CT molecular complexity index is 3250. The molecule has 10 atom stereocenters. The van der Waals surface area contributed by atoms with Crippen LogP contribution in [0.1, 0.15) is 122 Å². The normalized spacial score (nSPS) is 14.8. The average molecular weight is 1580 g/mol. The average Bonchev–Trinajstić information content (AvgIpc) is 1.67. The molecule has 0 bridgehead atoms. The number of carbonyl (C=O) groups is 12. The molecule has 1 heterocycles. The van der Waals surface area contributed by atoms with Crippen molar-refractivity contribution in [2.75, 3.05) is 71.7 Å². The summed E-state index contributed by atoms with van der Waals surface area (Å²) in [5, 5.41) is 29.9. The molecule has 0 radical (unpaired) electrons. The van der Waals surface area contributed by atoms with Gasteiger partial charge in [0.25, 0.3) is 5.91 Å². The number of nitrogens with zero attached hydrogens (tertiary/aromatic N) is 9. The highest BCUT2D eigenvalue weighted by Crippen LogP contribution is 2.26. The second-order valence-electron chi connectivity index (χ2n) is 24.8. The van der Waals surface area contributed by atoms with Gasteiger partial charge in [-0.2, -0.15) is 0 Å². The van der Waals surface area contributed by atoms with Gasteiger partial charge in [0, 0.05) is 84.5 Å². The third-order valence-corrected chi connectivity index (χ3v) is 17.0. The lowest BCUT2D eigenvalue weighted by Gasteiger charge is -2.28. The number of carbonyl (C=O) groups excluding carboxylic acids is 11. The van der Waals surface area contributed by atoms with Gasteiger partial charge in [0.1, 0.15) is 42.3 Å². The maximum Gasteiger partial charge on any atom is 0.326 e. The van der Waals surface area contributed by atoms with Crippen molar-refractivity contribution >= 4 is 130 Å². The van der Waals surface area contributed by atoms with Crippen molar-refractivity contribution in [3.05, 3.63) is 0 Å². The highest BCUT2D eigenvalue weighted by Gasteiger charge is 2.40. The summed E-state index contributed by atoms with van der Waals surface area (Å²) in [5.41, 5.74) is 101. The van der Waals surface area contributed by atoms with Gasteiger partial charge in [-0.25, -0.2) is 4.79 Å². The second-order valence-corrected chi connectivity index (χ2v) is 26.1. The molecule has 0 aliphatic carbocycles. The zero-order valence-corrected chi connectivity index (χ0v) is 62.7. The van der Waals surface area contributed by atoms with Crippen molar-refractivity contribution in [3.8, 4) is 0 Å². The number of carboxylic acid groups (broad SMARTS) is 1. The van der Waals surface area contributed by atoms with Gasteiger partial charge in [-0.05, 0) is 109 Å². The van der Waals surface area contributed by atoms with Crippen LogP contribution >= 0.6 is 11.8 Å². The number of imide groups is 1. The van der Waals surface area contributed by atoms with E-state index >= 15 is 0 Å².